The first-order valence-electron chi connectivity index (χ1n) is 15.3. The first kappa shape index (κ1) is 24.8. The Hall–Kier alpha value is -5.72. The monoisotopic (exact) mass is 556 g/mol. The van der Waals surface area contributed by atoms with Gasteiger partial charge >= 0.3 is 0 Å². The van der Waals surface area contributed by atoms with Crippen molar-refractivity contribution in [3.63, 3.8) is 0 Å². The molecule has 0 saturated heterocycles. The summed E-state index contributed by atoms with van der Waals surface area (Å²) < 4.78 is 0. The largest absolute Gasteiger partial charge is 0.0622 e. The highest BCUT2D eigenvalue weighted by Crippen LogP contribution is 2.55. The number of hydrogen-bond acceptors (Lipinski definition) is 0. The third-order valence-electron chi connectivity index (χ3n) is 9.19. The molecule has 0 heteroatoms. The fraction of sp³-hybridized carbons (Fsp3) is 0. The summed E-state index contributed by atoms with van der Waals surface area (Å²) in [5, 5.41) is 5.14. The Kier molecular flexibility index (Phi) is 5.61. The molecule has 9 rings (SSSR count). The molecule has 0 unspecified atom stereocenters. The Balaban J connectivity index is 1.36. The minimum absolute atomic E-state index is 1.23. The summed E-state index contributed by atoms with van der Waals surface area (Å²) in [5.41, 5.74) is 15.3. The molecule has 0 saturated carbocycles. The lowest BCUT2D eigenvalue weighted by Crippen LogP contribution is -1.93. The quantitative estimate of drug-likeness (QED) is 0.202. The van der Waals surface area contributed by atoms with E-state index in [1.54, 1.807) is 0 Å². The first-order chi connectivity index (χ1) is 21.8. The maximum Gasteiger partial charge on any atom is -0.00137 e. The fourth-order valence-electron chi connectivity index (χ4n) is 7.20. The van der Waals surface area contributed by atoms with E-state index in [0.29, 0.717) is 0 Å². The number of fused-ring (bicyclic) bond motifs is 4. The molecule has 0 N–H and O–H groups in total. The molecule has 0 fully saturated rings. The van der Waals surface area contributed by atoms with Crippen molar-refractivity contribution in [1.82, 2.24) is 0 Å². The van der Waals surface area contributed by atoms with Gasteiger partial charge in [0.15, 0.2) is 0 Å². The van der Waals surface area contributed by atoms with Gasteiger partial charge in [0.05, 0.1) is 0 Å². The second-order valence-corrected chi connectivity index (χ2v) is 11.7. The van der Waals surface area contributed by atoms with Gasteiger partial charge in [-0.3, -0.25) is 0 Å². The van der Waals surface area contributed by atoms with Crippen molar-refractivity contribution in [3.05, 3.63) is 170 Å². The Bertz CT molecular complexity index is 2360. The van der Waals surface area contributed by atoms with Crippen molar-refractivity contribution in [2.45, 2.75) is 0 Å². The Morgan fingerprint density at radius 1 is 0.227 bits per heavy atom. The maximum absolute atomic E-state index is 2.39. The van der Waals surface area contributed by atoms with Crippen LogP contribution in [0.3, 0.4) is 0 Å². The van der Waals surface area contributed by atoms with Crippen LogP contribution in [-0.4, -0.2) is 0 Å². The highest BCUT2D eigenvalue weighted by Gasteiger charge is 2.28. The molecule has 1 aliphatic carbocycles. The van der Waals surface area contributed by atoms with E-state index in [1.807, 2.05) is 0 Å². The van der Waals surface area contributed by atoms with Crippen LogP contribution in [0.4, 0.5) is 0 Å². The van der Waals surface area contributed by atoms with E-state index in [-0.39, 0.29) is 0 Å². The third-order valence-corrected chi connectivity index (χ3v) is 9.19. The highest BCUT2D eigenvalue weighted by molar-refractivity contribution is 6.21. The molecule has 0 amide bonds. The highest BCUT2D eigenvalue weighted by atomic mass is 14.3. The van der Waals surface area contributed by atoms with Crippen LogP contribution in [0.25, 0.3) is 88.3 Å². The maximum atomic E-state index is 2.39. The van der Waals surface area contributed by atoms with Gasteiger partial charge in [-0.25, -0.2) is 0 Å². The van der Waals surface area contributed by atoms with E-state index in [2.05, 4.69) is 170 Å². The topological polar surface area (TPSA) is 0 Å². The molecule has 0 bridgehead atoms. The van der Waals surface area contributed by atoms with E-state index < -0.39 is 0 Å². The van der Waals surface area contributed by atoms with E-state index in [4.69, 9.17) is 0 Å². The molecule has 0 nitrogen and oxygen atoms in total. The van der Waals surface area contributed by atoms with Crippen LogP contribution in [0, 0.1) is 0 Å². The molecule has 0 spiro atoms. The lowest BCUT2D eigenvalue weighted by Gasteiger charge is -2.19. The molecular weight excluding hydrogens is 528 g/mol. The van der Waals surface area contributed by atoms with Gasteiger partial charge in [0.25, 0.3) is 0 Å². The zero-order valence-corrected chi connectivity index (χ0v) is 24.2. The second kappa shape index (κ2) is 9.93. The fourth-order valence-corrected chi connectivity index (χ4v) is 7.20. The summed E-state index contributed by atoms with van der Waals surface area (Å²) >= 11 is 0. The van der Waals surface area contributed by atoms with Crippen molar-refractivity contribution in [2.24, 2.45) is 0 Å². The smallest absolute Gasteiger partial charge is 0.00137 e. The van der Waals surface area contributed by atoms with Crippen LogP contribution in [0.2, 0.25) is 0 Å². The molecule has 0 aromatic heterocycles. The van der Waals surface area contributed by atoms with Crippen LogP contribution < -0.4 is 0 Å². The Morgan fingerprint density at radius 2 is 0.727 bits per heavy atom. The predicted molar refractivity (Wildman–Crippen MR) is 188 cm³/mol. The van der Waals surface area contributed by atoms with E-state index in [0.717, 1.165) is 0 Å². The van der Waals surface area contributed by atoms with Crippen LogP contribution >= 0.6 is 0 Å². The van der Waals surface area contributed by atoms with Gasteiger partial charge in [0.2, 0.25) is 0 Å². The molecule has 44 heavy (non-hydrogen) atoms. The molecular formula is C44H28. The van der Waals surface area contributed by atoms with Gasteiger partial charge in [0, 0.05) is 0 Å². The van der Waals surface area contributed by atoms with Crippen molar-refractivity contribution in [3.8, 4) is 66.8 Å². The first-order valence-corrected chi connectivity index (χ1v) is 15.3. The van der Waals surface area contributed by atoms with Crippen molar-refractivity contribution < 1.29 is 0 Å². The van der Waals surface area contributed by atoms with Gasteiger partial charge in [0.1, 0.15) is 0 Å². The standard InChI is InChI=1S/C44H28/c1-3-12-29(13-4-1)32-20-9-21-35(26-32)36-24-25-37(44-39-23-11-19-31-18-10-22-38(42(31)39)43(36)44)41-28-34-17-8-7-16-33(34)27-40(41)30-14-5-2-6-15-30/h1-28H. The van der Waals surface area contributed by atoms with Gasteiger partial charge < -0.3 is 0 Å². The predicted octanol–water partition coefficient (Wildman–Crippen LogP) is 12.3. The Labute approximate surface area is 257 Å². The van der Waals surface area contributed by atoms with Crippen LogP contribution in [0.15, 0.2) is 170 Å². The van der Waals surface area contributed by atoms with Crippen molar-refractivity contribution >= 4 is 21.5 Å². The van der Waals surface area contributed by atoms with E-state index in [9.17, 15) is 0 Å². The molecule has 0 heterocycles. The van der Waals surface area contributed by atoms with E-state index in [1.165, 1.54) is 88.3 Å². The lowest BCUT2D eigenvalue weighted by atomic mass is 9.84. The summed E-state index contributed by atoms with van der Waals surface area (Å²) in [6, 6.07) is 62.2. The average Bonchev–Trinajstić information content (AvgIpc) is 3.44. The minimum Gasteiger partial charge on any atom is -0.0622 e. The molecule has 0 atom stereocenters. The summed E-state index contributed by atoms with van der Waals surface area (Å²) in [4.78, 5) is 0. The van der Waals surface area contributed by atoms with Gasteiger partial charge in [-0.2, -0.15) is 0 Å². The zero-order valence-electron chi connectivity index (χ0n) is 24.2. The Morgan fingerprint density at radius 3 is 1.43 bits per heavy atom. The minimum atomic E-state index is 1.23. The van der Waals surface area contributed by atoms with Gasteiger partial charge in [-0.15, -0.1) is 0 Å². The number of hydrogen-bond donors (Lipinski definition) is 0. The van der Waals surface area contributed by atoms with Crippen LogP contribution in [-0.2, 0) is 0 Å². The summed E-state index contributed by atoms with van der Waals surface area (Å²) in [6.45, 7) is 0. The van der Waals surface area contributed by atoms with E-state index >= 15 is 0 Å². The second-order valence-electron chi connectivity index (χ2n) is 11.7. The lowest BCUT2D eigenvalue weighted by molar-refractivity contribution is 1.57. The molecule has 1 aliphatic rings. The molecule has 0 aliphatic heterocycles. The van der Waals surface area contributed by atoms with Crippen molar-refractivity contribution in [1.29, 1.82) is 0 Å². The normalized spacial score (nSPS) is 11.6. The zero-order chi connectivity index (χ0) is 29.0. The van der Waals surface area contributed by atoms with Crippen LogP contribution in [0.5, 0.6) is 0 Å². The summed E-state index contributed by atoms with van der Waals surface area (Å²) in [6.07, 6.45) is 0. The average molecular weight is 557 g/mol. The van der Waals surface area contributed by atoms with Gasteiger partial charge in [-0.1, -0.05) is 152 Å². The SMILES string of the molecule is c1ccc(-c2cccc(-c3ccc(-c4cc5ccccc5cc4-c4ccccc4)c4c3-c3cccc5cccc-4c35)c2)cc1. The van der Waals surface area contributed by atoms with Gasteiger partial charge in [-0.05, 0) is 107 Å². The van der Waals surface area contributed by atoms with Crippen molar-refractivity contribution in [2.75, 3.05) is 0 Å². The molecule has 0 radical (unpaired) electrons. The molecule has 8 aromatic rings. The van der Waals surface area contributed by atoms with Crippen LogP contribution in [0.1, 0.15) is 0 Å². The number of benzene rings is 8. The summed E-state index contributed by atoms with van der Waals surface area (Å²) in [5.74, 6) is 0. The molecule has 8 aromatic carbocycles. The summed E-state index contributed by atoms with van der Waals surface area (Å²) in [7, 11) is 0. The third kappa shape index (κ3) is 3.85. The number of rotatable bonds is 4. The molecule has 204 valence electrons.